The summed E-state index contributed by atoms with van der Waals surface area (Å²) in [6.07, 6.45) is 0. The Morgan fingerprint density at radius 1 is 0.517 bits per heavy atom. The van der Waals surface area contributed by atoms with E-state index in [1.165, 1.54) is 0 Å². The van der Waals surface area contributed by atoms with Gasteiger partial charge in [-0.1, -0.05) is 36.4 Å². The third kappa shape index (κ3) is 5.86. The van der Waals surface area contributed by atoms with Crippen LogP contribution in [0.3, 0.4) is 0 Å². The molecule has 3 aromatic rings. The molecule has 0 fully saturated rings. The predicted molar refractivity (Wildman–Crippen MR) is 118 cm³/mol. The van der Waals surface area contributed by atoms with Crippen LogP contribution in [0.1, 0.15) is 16.7 Å². The van der Waals surface area contributed by atoms with Crippen molar-refractivity contribution >= 4 is 8.32 Å². The van der Waals surface area contributed by atoms with Crippen LogP contribution in [0.25, 0.3) is 0 Å². The van der Waals surface area contributed by atoms with Crippen molar-refractivity contribution in [3.63, 3.8) is 0 Å². The molecule has 0 aromatic heterocycles. The first-order valence-electron chi connectivity index (χ1n) is 9.65. The monoisotopic (exact) mass is 408 g/mol. The SMILES string of the molecule is COc1ccc(C[Si](O)(Cc2ccc(OC)cc2)Cc2ccc(OC)cc2)cc1. The van der Waals surface area contributed by atoms with Gasteiger partial charge in [-0.2, -0.15) is 0 Å². The number of hydrogen-bond donors (Lipinski definition) is 1. The summed E-state index contributed by atoms with van der Waals surface area (Å²) in [7, 11) is 2.30. The second kappa shape index (κ2) is 9.63. The first-order valence-corrected chi connectivity index (χ1v) is 12.2. The smallest absolute Gasteiger partial charge is 0.201 e. The highest BCUT2D eigenvalue weighted by atomic mass is 28.4. The highest BCUT2D eigenvalue weighted by Crippen LogP contribution is 2.24. The van der Waals surface area contributed by atoms with Crippen molar-refractivity contribution in [2.45, 2.75) is 18.1 Å². The molecule has 0 saturated carbocycles. The molecule has 0 aliphatic rings. The number of methoxy groups -OCH3 is 3. The molecule has 5 heteroatoms. The molecule has 4 nitrogen and oxygen atoms in total. The minimum absolute atomic E-state index is 0.676. The molecule has 0 amide bonds. The van der Waals surface area contributed by atoms with Crippen LogP contribution in [-0.2, 0) is 18.1 Å². The minimum Gasteiger partial charge on any atom is -0.497 e. The van der Waals surface area contributed by atoms with Gasteiger partial charge in [0.05, 0.1) is 21.3 Å². The van der Waals surface area contributed by atoms with Gasteiger partial charge in [0.2, 0.25) is 8.32 Å². The molecule has 29 heavy (non-hydrogen) atoms. The van der Waals surface area contributed by atoms with Gasteiger partial charge in [0.15, 0.2) is 0 Å². The Bertz CT molecular complexity index is 769. The number of hydrogen-bond acceptors (Lipinski definition) is 4. The second-order valence-corrected chi connectivity index (χ2v) is 10.8. The van der Waals surface area contributed by atoms with Crippen molar-refractivity contribution in [1.82, 2.24) is 0 Å². The quantitative estimate of drug-likeness (QED) is 0.537. The fourth-order valence-electron chi connectivity index (χ4n) is 3.56. The van der Waals surface area contributed by atoms with Gasteiger partial charge in [-0.15, -0.1) is 0 Å². The van der Waals surface area contributed by atoms with Gasteiger partial charge in [0.25, 0.3) is 0 Å². The fourth-order valence-corrected chi connectivity index (χ4v) is 6.92. The number of ether oxygens (including phenoxy) is 3. The molecular formula is C24H28O4Si. The van der Waals surface area contributed by atoms with Crippen LogP contribution < -0.4 is 14.2 Å². The maximum absolute atomic E-state index is 11.8. The molecular weight excluding hydrogens is 380 g/mol. The Morgan fingerprint density at radius 3 is 0.966 bits per heavy atom. The lowest BCUT2D eigenvalue weighted by atomic mass is 10.2. The van der Waals surface area contributed by atoms with E-state index in [1.807, 2.05) is 72.8 Å². The highest BCUT2D eigenvalue weighted by molar-refractivity contribution is 6.70. The van der Waals surface area contributed by atoms with Crippen LogP contribution in [0.2, 0.25) is 0 Å². The predicted octanol–water partition coefficient (Wildman–Crippen LogP) is 4.30. The third-order valence-corrected chi connectivity index (χ3v) is 8.28. The molecule has 0 saturated heterocycles. The number of benzene rings is 3. The molecule has 0 atom stereocenters. The van der Waals surface area contributed by atoms with Gasteiger partial charge in [-0.3, -0.25) is 0 Å². The summed E-state index contributed by atoms with van der Waals surface area (Å²) in [5.41, 5.74) is 3.38. The van der Waals surface area contributed by atoms with E-state index in [4.69, 9.17) is 14.2 Å². The van der Waals surface area contributed by atoms with Crippen LogP contribution >= 0.6 is 0 Å². The van der Waals surface area contributed by atoms with Crippen LogP contribution in [0.15, 0.2) is 72.8 Å². The van der Waals surface area contributed by atoms with Crippen molar-refractivity contribution in [3.05, 3.63) is 89.5 Å². The summed E-state index contributed by atoms with van der Waals surface area (Å²) >= 11 is 0. The molecule has 0 heterocycles. The summed E-state index contributed by atoms with van der Waals surface area (Å²) < 4.78 is 15.8. The Hall–Kier alpha value is -2.76. The molecule has 3 rings (SSSR count). The zero-order chi connectivity index (χ0) is 20.7. The second-order valence-electron chi connectivity index (χ2n) is 7.30. The Labute approximate surface area is 173 Å². The van der Waals surface area contributed by atoms with E-state index in [1.54, 1.807) is 21.3 Å². The maximum atomic E-state index is 11.8. The first kappa shape index (κ1) is 21.0. The van der Waals surface area contributed by atoms with Gasteiger partial charge in [-0.25, -0.2) is 0 Å². The molecule has 0 spiro atoms. The van der Waals surface area contributed by atoms with Crippen LogP contribution in [0.4, 0.5) is 0 Å². The van der Waals surface area contributed by atoms with Crippen molar-refractivity contribution in [3.8, 4) is 17.2 Å². The molecule has 0 unspecified atom stereocenters. The summed E-state index contributed by atoms with van der Waals surface area (Å²) in [6.45, 7) is 0. The summed E-state index contributed by atoms with van der Waals surface area (Å²) in [6, 6.07) is 26.0. The molecule has 1 N–H and O–H groups in total. The van der Waals surface area contributed by atoms with Gasteiger partial charge in [0, 0.05) is 0 Å². The van der Waals surface area contributed by atoms with Gasteiger partial charge >= 0.3 is 0 Å². The van der Waals surface area contributed by atoms with Crippen molar-refractivity contribution in [1.29, 1.82) is 0 Å². The van der Waals surface area contributed by atoms with E-state index >= 15 is 0 Å². The van der Waals surface area contributed by atoms with E-state index in [0.29, 0.717) is 18.1 Å². The fraction of sp³-hybridized carbons (Fsp3) is 0.250. The van der Waals surface area contributed by atoms with E-state index < -0.39 is 8.32 Å². The lowest BCUT2D eigenvalue weighted by molar-refractivity contribution is 0.414. The summed E-state index contributed by atoms with van der Waals surface area (Å²) in [5.74, 6) is 2.47. The Kier molecular flexibility index (Phi) is 6.96. The third-order valence-electron chi connectivity index (χ3n) is 5.08. The first-order chi connectivity index (χ1) is 14.0. The van der Waals surface area contributed by atoms with Crippen LogP contribution in [0.5, 0.6) is 17.2 Å². The molecule has 0 aliphatic carbocycles. The minimum atomic E-state index is -2.68. The number of rotatable bonds is 9. The van der Waals surface area contributed by atoms with E-state index in [2.05, 4.69) is 0 Å². The highest BCUT2D eigenvalue weighted by Gasteiger charge is 2.32. The average Bonchev–Trinajstić information content (AvgIpc) is 2.75. The van der Waals surface area contributed by atoms with Crippen molar-refractivity contribution < 1.29 is 19.0 Å². The molecule has 0 aliphatic heterocycles. The maximum Gasteiger partial charge on any atom is 0.201 e. The van der Waals surface area contributed by atoms with Gasteiger partial charge < -0.3 is 19.0 Å². The normalized spacial score (nSPS) is 11.2. The van der Waals surface area contributed by atoms with Crippen LogP contribution in [0, 0.1) is 0 Å². The zero-order valence-corrected chi connectivity index (χ0v) is 18.2. The van der Waals surface area contributed by atoms with E-state index in [0.717, 1.165) is 33.9 Å². The topological polar surface area (TPSA) is 47.9 Å². The molecule has 0 bridgehead atoms. The van der Waals surface area contributed by atoms with Gasteiger partial charge in [0.1, 0.15) is 17.2 Å². The summed E-state index contributed by atoms with van der Waals surface area (Å²) in [5, 5.41) is 0. The molecule has 152 valence electrons. The van der Waals surface area contributed by atoms with Crippen molar-refractivity contribution in [2.75, 3.05) is 21.3 Å². The van der Waals surface area contributed by atoms with Crippen LogP contribution in [-0.4, -0.2) is 34.4 Å². The Morgan fingerprint density at radius 2 is 0.759 bits per heavy atom. The largest absolute Gasteiger partial charge is 0.497 e. The van der Waals surface area contributed by atoms with E-state index in [9.17, 15) is 4.80 Å². The lowest BCUT2D eigenvalue weighted by Gasteiger charge is -2.26. The summed E-state index contributed by atoms with van der Waals surface area (Å²) in [4.78, 5) is 11.8. The van der Waals surface area contributed by atoms with E-state index in [-0.39, 0.29) is 0 Å². The Balaban J connectivity index is 1.84. The zero-order valence-electron chi connectivity index (χ0n) is 17.2. The molecule has 3 aromatic carbocycles. The lowest BCUT2D eigenvalue weighted by Crippen LogP contribution is -2.44. The molecule has 0 radical (unpaired) electrons. The van der Waals surface area contributed by atoms with Gasteiger partial charge in [-0.05, 0) is 71.2 Å². The standard InChI is InChI=1S/C24H28O4Si/c1-26-22-10-4-19(5-11-22)16-29(25,17-20-6-12-23(27-2)13-7-20)18-21-8-14-24(28-3)15-9-21/h4-15,25H,16-18H2,1-3H3. The van der Waals surface area contributed by atoms with Crippen molar-refractivity contribution in [2.24, 2.45) is 0 Å². The average molecular weight is 409 g/mol.